The topological polar surface area (TPSA) is 109 Å². The van der Waals surface area contributed by atoms with E-state index >= 15 is 0 Å². The molecule has 2 aromatic rings. The molecule has 0 radical (unpaired) electrons. The summed E-state index contributed by atoms with van der Waals surface area (Å²) in [5.74, 6) is -0.588. The second-order valence-electron chi connectivity index (χ2n) is 8.02. The highest BCUT2D eigenvalue weighted by atomic mass is 16.5. The van der Waals surface area contributed by atoms with Crippen LogP contribution in [0.5, 0.6) is 0 Å². The SMILES string of the molecule is COCCNC(=O)c1cccc(NC(=O)CNc2cccc(NC(=O)C(C)(C)C)c2)c1. The van der Waals surface area contributed by atoms with E-state index in [0.29, 0.717) is 35.8 Å². The van der Waals surface area contributed by atoms with Crippen LogP contribution >= 0.6 is 0 Å². The Morgan fingerprint density at radius 3 is 2.23 bits per heavy atom. The van der Waals surface area contributed by atoms with Crippen molar-refractivity contribution < 1.29 is 19.1 Å². The van der Waals surface area contributed by atoms with Gasteiger partial charge < -0.3 is 26.0 Å². The number of ether oxygens (including phenoxy) is 1. The first-order valence-corrected chi connectivity index (χ1v) is 10.0. The Labute approximate surface area is 182 Å². The molecular weight excluding hydrogens is 396 g/mol. The standard InChI is InChI=1S/C23H30N4O4/c1-23(2,3)22(30)27-19-10-6-8-17(14-19)25-15-20(28)26-18-9-5-7-16(13-18)21(29)24-11-12-31-4/h5-10,13-14,25H,11-12,15H2,1-4H3,(H,24,29)(H,26,28)(H,27,30). The van der Waals surface area contributed by atoms with E-state index in [1.165, 1.54) is 0 Å². The van der Waals surface area contributed by atoms with Crippen LogP contribution in [0.3, 0.4) is 0 Å². The summed E-state index contributed by atoms with van der Waals surface area (Å²) in [5.41, 5.74) is 1.82. The molecule has 8 heteroatoms. The van der Waals surface area contributed by atoms with Crippen molar-refractivity contribution in [3.63, 3.8) is 0 Å². The van der Waals surface area contributed by atoms with E-state index in [4.69, 9.17) is 4.74 Å². The molecule has 0 fully saturated rings. The summed E-state index contributed by atoms with van der Waals surface area (Å²) in [6.07, 6.45) is 0. The highest BCUT2D eigenvalue weighted by Gasteiger charge is 2.21. The molecule has 0 aromatic heterocycles. The molecule has 0 saturated heterocycles. The first-order valence-electron chi connectivity index (χ1n) is 10.0. The van der Waals surface area contributed by atoms with Crippen LogP contribution in [-0.2, 0) is 14.3 Å². The third kappa shape index (κ3) is 8.10. The molecule has 8 nitrogen and oxygen atoms in total. The monoisotopic (exact) mass is 426 g/mol. The number of carbonyl (C=O) groups excluding carboxylic acids is 3. The summed E-state index contributed by atoms with van der Waals surface area (Å²) >= 11 is 0. The molecule has 0 spiro atoms. The second-order valence-corrected chi connectivity index (χ2v) is 8.02. The summed E-state index contributed by atoms with van der Waals surface area (Å²) in [6.45, 7) is 6.38. The van der Waals surface area contributed by atoms with Gasteiger partial charge in [-0.05, 0) is 36.4 Å². The van der Waals surface area contributed by atoms with E-state index in [1.807, 2.05) is 26.8 Å². The van der Waals surface area contributed by atoms with Gasteiger partial charge in [-0.3, -0.25) is 14.4 Å². The Hall–Kier alpha value is -3.39. The minimum absolute atomic E-state index is 0.0287. The molecule has 0 saturated carbocycles. The van der Waals surface area contributed by atoms with Crippen molar-refractivity contribution in [2.24, 2.45) is 5.41 Å². The van der Waals surface area contributed by atoms with Gasteiger partial charge in [-0.25, -0.2) is 0 Å². The third-order valence-corrected chi connectivity index (χ3v) is 4.25. The van der Waals surface area contributed by atoms with Crippen molar-refractivity contribution in [2.75, 3.05) is 42.8 Å². The third-order valence-electron chi connectivity index (χ3n) is 4.25. The Balaban J connectivity index is 1.90. The first kappa shape index (κ1) is 23.9. The zero-order chi connectivity index (χ0) is 22.9. The molecule has 0 aliphatic rings. The van der Waals surface area contributed by atoms with Gasteiger partial charge in [0.05, 0.1) is 13.2 Å². The maximum atomic E-state index is 12.3. The first-order chi connectivity index (χ1) is 14.7. The molecule has 0 heterocycles. The predicted octanol–water partition coefficient (Wildman–Crippen LogP) is 3.10. The number of hydrogen-bond acceptors (Lipinski definition) is 5. The van der Waals surface area contributed by atoms with Crippen LogP contribution < -0.4 is 21.3 Å². The number of rotatable bonds is 9. The number of methoxy groups -OCH3 is 1. The fourth-order valence-corrected chi connectivity index (χ4v) is 2.52. The number of nitrogens with one attached hydrogen (secondary N) is 4. The predicted molar refractivity (Wildman–Crippen MR) is 122 cm³/mol. The van der Waals surface area contributed by atoms with Crippen molar-refractivity contribution >= 4 is 34.8 Å². The van der Waals surface area contributed by atoms with Crippen LogP contribution in [0.25, 0.3) is 0 Å². The van der Waals surface area contributed by atoms with Gasteiger partial charge in [0.15, 0.2) is 0 Å². The highest BCUT2D eigenvalue weighted by Crippen LogP contribution is 2.20. The van der Waals surface area contributed by atoms with Crippen LogP contribution in [-0.4, -0.2) is 44.5 Å². The molecule has 4 N–H and O–H groups in total. The van der Waals surface area contributed by atoms with E-state index in [1.54, 1.807) is 49.6 Å². The summed E-state index contributed by atoms with van der Waals surface area (Å²) in [4.78, 5) is 36.6. The highest BCUT2D eigenvalue weighted by molar-refractivity contribution is 5.98. The van der Waals surface area contributed by atoms with Crippen LogP contribution in [0, 0.1) is 5.41 Å². The zero-order valence-electron chi connectivity index (χ0n) is 18.4. The van der Waals surface area contributed by atoms with Gasteiger partial charge in [-0.2, -0.15) is 0 Å². The van der Waals surface area contributed by atoms with Gasteiger partial charge in [0.25, 0.3) is 5.91 Å². The summed E-state index contributed by atoms with van der Waals surface area (Å²) in [6, 6.07) is 13.9. The smallest absolute Gasteiger partial charge is 0.251 e. The quantitative estimate of drug-likeness (QED) is 0.461. The molecular formula is C23H30N4O4. The van der Waals surface area contributed by atoms with Gasteiger partial charge in [-0.1, -0.05) is 32.9 Å². The Morgan fingerprint density at radius 1 is 0.903 bits per heavy atom. The van der Waals surface area contributed by atoms with Gasteiger partial charge in [0.1, 0.15) is 0 Å². The van der Waals surface area contributed by atoms with Gasteiger partial charge in [0.2, 0.25) is 11.8 Å². The average molecular weight is 427 g/mol. The molecule has 166 valence electrons. The average Bonchev–Trinajstić information content (AvgIpc) is 2.72. The number of amides is 3. The lowest BCUT2D eigenvalue weighted by atomic mass is 9.95. The molecule has 2 aromatic carbocycles. The maximum Gasteiger partial charge on any atom is 0.251 e. The molecule has 2 rings (SSSR count). The summed E-state index contributed by atoms with van der Waals surface area (Å²) < 4.78 is 4.91. The van der Waals surface area contributed by atoms with E-state index in [0.717, 1.165) is 0 Å². The molecule has 0 unspecified atom stereocenters. The Bertz CT molecular complexity index is 922. The lowest BCUT2D eigenvalue weighted by molar-refractivity contribution is -0.123. The van der Waals surface area contributed by atoms with Crippen LogP contribution in [0.1, 0.15) is 31.1 Å². The van der Waals surface area contributed by atoms with E-state index in [9.17, 15) is 14.4 Å². The number of benzene rings is 2. The van der Waals surface area contributed by atoms with Crippen molar-refractivity contribution in [3.8, 4) is 0 Å². The van der Waals surface area contributed by atoms with Crippen molar-refractivity contribution in [1.82, 2.24) is 5.32 Å². The molecule has 3 amide bonds. The van der Waals surface area contributed by atoms with Crippen molar-refractivity contribution in [1.29, 1.82) is 0 Å². The lowest BCUT2D eigenvalue weighted by Crippen LogP contribution is -2.27. The van der Waals surface area contributed by atoms with Crippen LogP contribution in [0.15, 0.2) is 48.5 Å². The van der Waals surface area contributed by atoms with E-state index in [2.05, 4.69) is 21.3 Å². The fraction of sp³-hybridized carbons (Fsp3) is 0.348. The van der Waals surface area contributed by atoms with Gasteiger partial charge >= 0.3 is 0 Å². The van der Waals surface area contributed by atoms with Crippen LogP contribution in [0.4, 0.5) is 17.1 Å². The largest absolute Gasteiger partial charge is 0.383 e. The van der Waals surface area contributed by atoms with E-state index < -0.39 is 5.41 Å². The van der Waals surface area contributed by atoms with Gasteiger partial charge in [-0.15, -0.1) is 0 Å². The molecule has 0 atom stereocenters. The Morgan fingerprint density at radius 2 is 1.55 bits per heavy atom. The van der Waals surface area contributed by atoms with Crippen molar-refractivity contribution in [2.45, 2.75) is 20.8 Å². The Kier molecular flexibility index (Phi) is 8.57. The zero-order valence-corrected chi connectivity index (χ0v) is 18.4. The summed E-state index contributed by atoms with van der Waals surface area (Å²) in [7, 11) is 1.56. The number of carbonyl (C=O) groups is 3. The second kappa shape index (κ2) is 11.1. The lowest BCUT2D eigenvalue weighted by Gasteiger charge is -2.18. The summed E-state index contributed by atoms with van der Waals surface area (Å²) in [5, 5.41) is 11.4. The number of hydrogen-bond donors (Lipinski definition) is 4. The number of anilines is 3. The van der Waals surface area contributed by atoms with Crippen LogP contribution in [0.2, 0.25) is 0 Å². The van der Waals surface area contributed by atoms with Crippen molar-refractivity contribution in [3.05, 3.63) is 54.1 Å². The maximum absolute atomic E-state index is 12.3. The minimum Gasteiger partial charge on any atom is -0.383 e. The molecule has 0 aliphatic carbocycles. The van der Waals surface area contributed by atoms with Gasteiger partial charge in [0, 0.05) is 41.7 Å². The molecule has 0 bridgehead atoms. The van der Waals surface area contributed by atoms with E-state index in [-0.39, 0.29) is 24.3 Å². The molecule has 0 aliphatic heterocycles. The normalized spacial score (nSPS) is 10.8. The fourth-order valence-electron chi connectivity index (χ4n) is 2.52. The minimum atomic E-state index is -0.501. The molecule has 31 heavy (non-hydrogen) atoms.